The maximum Gasteiger partial charge on any atom is 0.313 e. The molecular weight excluding hydrogens is 154 g/mol. The van der Waals surface area contributed by atoms with E-state index in [1.165, 1.54) is 0 Å². The van der Waals surface area contributed by atoms with Crippen molar-refractivity contribution in [2.24, 2.45) is 0 Å². The Labute approximate surface area is 63.0 Å². The standard InChI is InChI=1S/C5H9NO3S/c1-6-2-5(9)10-3-4(7)8/h6H,2-3H2,1H3,(H,7,8). The van der Waals surface area contributed by atoms with E-state index in [2.05, 4.69) is 5.32 Å². The second-order valence-corrected chi connectivity index (χ2v) is 2.62. The van der Waals surface area contributed by atoms with Crippen LogP contribution in [0.2, 0.25) is 0 Å². The van der Waals surface area contributed by atoms with E-state index in [1.54, 1.807) is 7.05 Å². The van der Waals surface area contributed by atoms with Gasteiger partial charge in [-0.3, -0.25) is 9.59 Å². The van der Waals surface area contributed by atoms with Crippen molar-refractivity contribution in [2.45, 2.75) is 0 Å². The van der Waals surface area contributed by atoms with Crippen LogP contribution >= 0.6 is 11.8 Å². The summed E-state index contributed by atoms with van der Waals surface area (Å²) in [6.07, 6.45) is 0. The third-order valence-electron chi connectivity index (χ3n) is 0.678. The summed E-state index contributed by atoms with van der Waals surface area (Å²) >= 11 is 0.808. The number of aliphatic carboxylic acids is 1. The van der Waals surface area contributed by atoms with Crippen molar-refractivity contribution in [3.8, 4) is 0 Å². The van der Waals surface area contributed by atoms with Crippen molar-refractivity contribution in [3.05, 3.63) is 0 Å². The van der Waals surface area contributed by atoms with Crippen LogP contribution in [-0.4, -0.2) is 35.5 Å². The van der Waals surface area contributed by atoms with E-state index in [-0.39, 0.29) is 17.4 Å². The predicted octanol–water partition coefficient (Wildman–Crippen LogP) is -0.450. The molecule has 58 valence electrons. The molecule has 0 aromatic heterocycles. The zero-order valence-corrected chi connectivity index (χ0v) is 6.40. The second-order valence-electron chi connectivity index (χ2n) is 1.58. The number of hydrogen-bond donors (Lipinski definition) is 2. The number of likely N-dealkylation sites (N-methyl/N-ethyl adjacent to an activating group) is 1. The number of rotatable bonds is 4. The van der Waals surface area contributed by atoms with Gasteiger partial charge in [0.2, 0.25) is 5.12 Å². The molecule has 0 fully saturated rings. The zero-order valence-electron chi connectivity index (χ0n) is 5.59. The van der Waals surface area contributed by atoms with E-state index in [0.29, 0.717) is 0 Å². The number of nitrogens with one attached hydrogen (secondary N) is 1. The molecule has 0 unspecified atom stereocenters. The molecule has 0 bridgehead atoms. The first-order chi connectivity index (χ1) is 4.66. The molecule has 0 aliphatic rings. The minimum atomic E-state index is -0.963. The van der Waals surface area contributed by atoms with Gasteiger partial charge >= 0.3 is 5.97 Å². The van der Waals surface area contributed by atoms with Gasteiger partial charge in [0.25, 0.3) is 0 Å². The summed E-state index contributed by atoms with van der Waals surface area (Å²) in [6, 6.07) is 0. The topological polar surface area (TPSA) is 66.4 Å². The summed E-state index contributed by atoms with van der Waals surface area (Å²) < 4.78 is 0. The van der Waals surface area contributed by atoms with Crippen LogP contribution in [0.4, 0.5) is 0 Å². The van der Waals surface area contributed by atoms with Crippen molar-refractivity contribution in [3.63, 3.8) is 0 Å². The highest BCUT2D eigenvalue weighted by atomic mass is 32.2. The number of carbonyl (C=O) groups excluding carboxylic acids is 1. The van der Waals surface area contributed by atoms with Gasteiger partial charge in [0.15, 0.2) is 0 Å². The molecule has 0 rings (SSSR count). The Kier molecular flexibility index (Phi) is 4.96. The van der Waals surface area contributed by atoms with Gasteiger partial charge < -0.3 is 10.4 Å². The number of carboxylic acid groups (broad SMARTS) is 1. The monoisotopic (exact) mass is 163 g/mol. The lowest BCUT2D eigenvalue weighted by Gasteiger charge is -1.94. The first kappa shape index (κ1) is 9.45. The average molecular weight is 163 g/mol. The molecule has 0 spiro atoms. The molecule has 4 nitrogen and oxygen atoms in total. The first-order valence-corrected chi connectivity index (χ1v) is 3.67. The third-order valence-corrected chi connectivity index (χ3v) is 1.54. The van der Waals surface area contributed by atoms with Crippen LogP contribution < -0.4 is 5.32 Å². The molecule has 0 radical (unpaired) electrons. The highest BCUT2D eigenvalue weighted by Gasteiger charge is 2.03. The lowest BCUT2D eigenvalue weighted by molar-refractivity contribution is -0.134. The molecule has 0 aliphatic carbocycles. The smallest absolute Gasteiger partial charge is 0.313 e. The molecule has 0 atom stereocenters. The molecule has 10 heavy (non-hydrogen) atoms. The molecule has 5 heteroatoms. The van der Waals surface area contributed by atoms with Crippen LogP contribution in [0.15, 0.2) is 0 Å². The van der Waals surface area contributed by atoms with Crippen LogP contribution in [-0.2, 0) is 9.59 Å². The van der Waals surface area contributed by atoms with Crippen LogP contribution in [0, 0.1) is 0 Å². The van der Waals surface area contributed by atoms with E-state index in [4.69, 9.17) is 5.11 Å². The predicted molar refractivity (Wildman–Crippen MR) is 39.0 cm³/mol. The first-order valence-electron chi connectivity index (χ1n) is 2.69. The SMILES string of the molecule is CNCC(=O)SCC(=O)O. The van der Waals surface area contributed by atoms with Gasteiger partial charge in [0.1, 0.15) is 0 Å². The Morgan fingerprint density at radius 3 is 2.60 bits per heavy atom. The van der Waals surface area contributed by atoms with Crippen LogP contribution in [0.25, 0.3) is 0 Å². The minimum absolute atomic E-state index is 0.148. The van der Waals surface area contributed by atoms with Crippen LogP contribution in [0.5, 0.6) is 0 Å². The Balaban J connectivity index is 3.30. The zero-order chi connectivity index (χ0) is 7.98. The number of thioether (sulfide) groups is 1. The summed E-state index contributed by atoms with van der Waals surface area (Å²) in [5.41, 5.74) is 0. The van der Waals surface area contributed by atoms with Crippen molar-refractivity contribution in [1.29, 1.82) is 0 Å². The fourth-order valence-electron chi connectivity index (χ4n) is 0.338. The molecule has 0 aromatic carbocycles. The van der Waals surface area contributed by atoms with Gasteiger partial charge in [0.05, 0.1) is 12.3 Å². The lowest BCUT2D eigenvalue weighted by Crippen LogP contribution is -2.16. The quantitative estimate of drug-likeness (QED) is 0.587. The van der Waals surface area contributed by atoms with Gasteiger partial charge in [-0.25, -0.2) is 0 Å². The molecular formula is C5H9NO3S. The minimum Gasteiger partial charge on any atom is -0.481 e. The van der Waals surface area contributed by atoms with E-state index in [1.807, 2.05) is 0 Å². The lowest BCUT2D eigenvalue weighted by atomic mass is 10.7. The van der Waals surface area contributed by atoms with Crippen LogP contribution in [0.3, 0.4) is 0 Å². The number of carbonyl (C=O) groups is 2. The van der Waals surface area contributed by atoms with E-state index in [0.717, 1.165) is 11.8 Å². The van der Waals surface area contributed by atoms with Crippen molar-refractivity contribution in [1.82, 2.24) is 5.32 Å². The number of hydrogen-bond acceptors (Lipinski definition) is 4. The molecule has 0 saturated heterocycles. The highest BCUT2D eigenvalue weighted by molar-refractivity contribution is 8.14. The summed E-state index contributed by atoms with van der Waals surface area (Å²) in [5.74, 6) is -1.12. The van der Waals surface area contributed by atoms with Gasteiger partial charge in [-0.1, -0.05) is 11.8 Å². The van der Waals surface area contributed by atoms with Gasteiger partial charge in [-0.2, -0.15) is 0 Å². The fourth-order valence-corrected chi connectivity index (χ4v) is 0.868. The van der Waals surface area contributed by atoms with Gasteiger partial charge in [0, 0.05) is 0 Å². The van der Waals surface area contributed by atoms with E-state index < -0.39 is 5.97 Å². The Morgan fingerprint density at radius 2 is 2.20 bits per heavy atom. The molecule has 0 heterocycles. The molecule has 0 amide bonds. The summed E-state index contributed by atoms with van der Waals surface area (Å²) in [4.78, 5) is 20.5. The summed E-state index contributed by atoms with van der Waals surface area (Å²) in [7, 11) is 1.64. The summed E-state index contributed by atoms with van der Waals surface area (Å²) in [5, 5.41) is 10.6. The second kappa shape index (κ2) is 5.25. The van der Waals surface area contributed by atoms with E-state index >= 15 is 0 Å². The average Bonchev–Trinajstić information content (AvgIpc) is 1.85. The van der Waals surface area contributed by atoms with Crippen molar-refractivity contribution in [2.75, 3.05) is 19.3 Å². The van der Waals surface area contributed by atoms with E-state index in [9.17, 15) is 9.59 Å². The molecule has 0 aromatic rings. The maximum absolute atomic E-state index is 10.6. The Morgan fingerprint density at radius 1 is 1.60 bits per heavy atom. The Bertz CT molecular complexity index is 137. The normalized spacial score (nSPS) is 9.30. The maximum atomic E-state index is 10.6. The summed E-state index contributed by atoms with van der Waals surface area (Å²) in [6.45, 7) is 0.220. The van der Waals surface area contributed by atoms with Crippen molar-refractivity contribution >= 4 is 22.8 Å². The fraction of sp³-hybridized carbons (Fsp3) is 0.600. The van der Waals surface area contributed by atoms with Crippen molar-refractivity contribution < 1.29 is 14.7 Å². The molecule has 0 aliphatic heterocycles. The largest absolute Gasteiger partial charge is 0.481 e. The van der Waals surface area contributed by atoms with Gasteiger partial charge in [-0.05, 0) is 7.05 Å². The highest BCUT2D eigenvalue weighted by Crippen LogP contribution is 1.99. The van der Waals surface area contributed by atoms with Gasteiger partial charge in [-0.15, -0.1) is 0 Å². The molecule has 2 N–H and O–H groups in total. The van der Waals surface area contributed by atoms with Crippen LogP contribution in [0.1, 0.15) is 0 Å². The molecule has 0 saturated carbocycles. The number of carboxylic acids is 1. The Hall–Kier alpha value is -0.550. The third kappa shape index (κ3) is 5.58.